The van der Waals surface area contributed by atoms with Gasteiger partial charge in [-0.05, 0) is 12.2 Å². The van der Waals surface area contributed by atoms with Gasteiger partial charge in [-0.3, -0.25) is 4.79 Å². The molecule has 2 aliphatic rings. The Kier molecular flexibility index (Phi) is 1.68. The van der Waals surface area contributed by atoms with Crippen LogP contribution < -0.4 is 0 Å². The van der Waals surface area contributed by atoms with Crippen molar-refractivity contribution >= 4 is 18.2 Å². The average Bonchev–Trinajstić information content (AvgIpc) is 2.34. The summed E-state index contributed by atoms with van der Waals surface area (Å²) in [6.45, 7) is 0. The quantitative estimate of drug-likeness (QED) is 0.552. The molecule has 0 spiro atoms. The summed E-state index contributed by atoms with van der Waals surface area (Å²) in [5, 5.41) is 0. The van der Waals surface area contributed by atoms with E-state index in [1.54, 1.807) is 0 Å². The molecule has 0 unspecified atom stereocenters. The maximum Gasteiger partial charge on any atom is 0.199 e. The molecule has 58 valence electrons. The predicted molar refractivity (Wildman–Crippen MR) is 37.7 cm³/mol. The Balaban J connectivity index is 0.000000605. The maximum atomic E-state index is 12.4. The first-order valence-electron chi connectivity index (χ1n) is 2.74. The van der Waals surface area contributed by atoms with E-state index in [9.17, 15) is 13.6 Å². The molecule has 0 aromatic rings. The van der Waals surface area contributed by atoms with Gasteiger partial charge in [0.25, 0.3) is 0 Å². The van der Waals surface area contributed by atoms with Crippen LogP contribution in [0.5, 0.6) is 0 Å². The van der Waals surface area contributed by atoms with Gasteiger partial charge in [0.05, 0.1) is 11.1 Å². The van der Waals surface area contributed by atoms with Gasteiger partial charge in [-0.2, -0.15) is 0 Å². The van der Waals surface area contributed by atoms with Gasteiger partial charge in [0.1, 0.15) is 0 Å². The predicted octanol–water partition coefficient (Wildman–Crippen LogP) is 2.01. The molecule has 0 saturated carbocycles. The second-order valence-corrected chi connectivity index (χ2v) is 2.12. The number of halogens is 3. The molecule has 0 heterocycles. The molecule has 2 aliphatic carbocycles. The van der Waals surface area contributed by atoms with Crippen LogP contribution >= 0.6 is 12.4 Å². The van der Waals surface area contributed by atoms with Crippen molar-refractivity contribution in [2.24, 2.45) is 0 Å². The van der Waals surface area contributed by atoms with E-state index in [0.29, 0.717) is 0 Å². The SMILES string of the molecule is Cl.O=C1C2=C(F)C(F)=C1C=C2. The van der Waals surface area contributed by atoms with Crippen LogP contribution in [-0.2, 0) is 4.79 Å². The molecule has 0 N–H and O–H groups in total. The lowest BCUT2D eigenvalue weighted by atomic mass is 10.2. The first-order chi connectivity index (χ1) is 4.72. The van der Waals surface area contributed by atoms with Gasteiger partial charge in [0, 0.05) is 0 Å². The molecule has 4 heteroatoms. The molecular weight excluding hydrogens is 174 g/mol. The zero-order valence-corrected chi connectivity index (χ0v) is 6.04. The third-order valence-electron chi connectivity index (χ3n) is 1.57. The molecule has 0 radical (unpaired) electrons. The minimum atomic E-state index is -1.01. The van der Waals surface area contributed by atoms with Crippen LogP contribution in [0.4, 0.5) is 8.78 Å². The molecule has 2 bridgehead atoms. The van der Waals surface area contributed by atoms with E-state index in [1.165, 1.54) is 12.2 Å². The second-order valence-electron chi connectivity index (χ2n) is 2.12. The second kappa shape index (κ2) is 2.27. The van der Waals surface area contributed by atoms with Crippen LogP contribution in [0.25, 0.3) is 0 Å². The smallest absolute Gasteiger partial charge is 0.199 e. The van der Waals surface area contributed by atoms with Crippen LogP contribution in [-0.4, -0.2) is 5.78 Å². The highest BCUT2D eigenvalue weighted by molar-refractivity contribution is 6.19. The molecule has 0 aliphatic heterocycles. The highest BCUT2D eigenvalue weighted by Crippen LogP contribution is 2.37. The lowest BCUT2D eigenvalue weighted by Gasteiger charge is -1.89. The Labute approximate surface area is 67.5 Å². The summed E-state index contributed by atoms with van der Waals surface area (Å²) in [5.41, 5.74) is -0.292. The minimum absolute atomic E-state index is 0. The van der Waals surface area contributed by atoms with Gasteiger partial charge < -0.3 is 0 Å². The van der Waals surface area contributed by atoms with Crippen molar-refractivity contribution in [1.29, 1.82) is 0 Å². The van der Waals surface area contributed by atoms with Crippen LogP contribution in [0.3, 0.4) is 0 Å². The molecule has 11 heavy (non-hydrogen) atoms. The van der Waals surface area contributed by atoms with Gasteiger partial charge in [0.15, 0.2) is 17.4 Å². The van der Waals surface area contributed by atoms with Crippen molar-refractivity contribution in [3.05, 3.63) is 35.0 Å². The number of fused-ring (bicyclic) bond motifs is 2. The molecular formula is C7H3ClF2O. The minimum Gasteiger partial charge on any atom is -0.288 e. The number of hydrogen-bond acceptors (Lipinski definition) is 1. The molecule has 0 atom stereocenters. The molecule has 2 rings (SSSR count). The van der Waals surface area contributed by atoms with Crippen LogP contribution in [0.1, 0.15) is 0 Å². The highest BCUT2D eigenvalue weighted by Gasteiger charge is 2.34. The topological polar surface area (TPSA) is 17.1 Å². The molecule has 1 nitrogen and oxygen atoms in total. The van der Waals surface area contributed by atoms with Crippen molar-refractivity contribution in [1.82, 2.24) is 0 Å². The Morgan fingerprint density at radius 2 is 1.36 bits per heavy atom. The summed E-state index contributed by atoms with van der Waals surface area (Å²) >= 11 is 0. The van der Waals surface area contributed by atoms with Gasteiger partial charge in [-0.15, -0.1) is 12.4 Å². The maximum absolute atomic E-state index is 12.4. The van der Waals surface area contributed by atoms with Crippen molar-refractivity contribution in [2.75, 3.05) is 0 Å². The van der Waals surface area contributed by atoms with E-state index in [0.717, 1.165) is 0 Å². The normalized spacial score (nSPS) is 20.0. The van der Waals surface area contributed by atoms with Crippen molar-refractivity contribution < 1.29 is 13.6 Å². The van der Waals surface area contributed by atoms with E-state index in [4.69, 9.17) is 0 Å². The summed E-state index contributed by atoms with van der Waals surface area (Å²) in [4.78, 5) is 10.7. The number of ketones is 1. The number of allylic oxidation sites excluding steroid dienone is 6. The van der Waals surface area contributed by atoms with E-state index in [1.807, 2.05) is 0 Å². The van der Waals surface area contributed by atoms with Crippen molar-refractivity contribution in [3.63, 3.8) is 0 Å². The lowest BCUT2D eigenvalue weighted by molar-refractivity contribution is -0.111. The molecule has 0 aromatic carbocycles. The van der Waals surface area contributed by atoms with E-state index in [2.05, 4.69) is 0 Å². The first-order valence-corrected chi connectivity index (χ1v) is 2.74. The number of Topliss-reactive ketones (excluding diaryl/α,β-unsaturated/α-hetero) is 1. The summed E-state index contributed by atoms with van der Waals surface area (Å²) in [7, 11) is 0. The molecule has 0 saturated heterocycles. The van der Waals surface area contributed by atoms with Crippen molar-refractivity contribution in [3.8, 4) is 0 Å². The first kappa shape index (κ1) is 8.14. The monoisotopic (exact) mass is 176 g/mol. The van der Waals surface area contributed by atoms with E-state index < -0.39 is 17.4 Å². The number of hydrogen-bond donors (Lipinski definition) is 0. The fourth-order valence-corrected chi connectivity index (χ4v) is 1.05. The lowest BCUT2D eigenvalue weighted by Crippen LogP contribution is -1.90. The van der Waals surface area contributed by atoms with Gasteiger partial charge in [-0.1, -0.05) is 0 Å². The average molecular weight is 177 g/mol. The molecule has 0 aromatic heterocycles. The van der Waals surface area contributed by atoms with E-state index in [-0.39, 0.29) is 23.6 Å². The third kappa shape index (κ3) is 0.775. The van der Waals surface area contributed by atoms with Crippen molar-refractivity contribution in [2.45, 2.75) is 0 Å². The number of carbonyl (C=O) groups is 1. The summed E-state index contributed by atoms with van der Waals surface area (Å²) in [6.07, 6.45) is 2.58. The van der Waals surface area contributed by atoms with Crippen LogP contribution in [0, 0.1) is 0 Å². The van der Waals surface area contributed by atoms with Gasteiger partial charge in [-0.25, -0.2) is 8.78 Å². The van der Waals surface area contributed by atoms with E-state index >= 15 is 0 Å². The fraction of sp³-hybridized carbons (Fsp3) is 0. The fourth-order valence-electron chi connectivity index (χ4n) is 1.05. The molecule has 0 fully saturated rings. The summed E-state index contributed by atoms with van der Waals surface area (Å²) in [6, 6.07) is 0. The largest absolute Gasteiger partial charge is 0.288 e. The van der Waals surface area contributed by atoms with Gasteiger partial charge in [0.2, 0.25) is 0 Å². The molecule has 0 amide bonds. The van der Waals surface area contributed by atoms with Gasteiger partial charge >= 0.3 is 0 Å². The number of carbonyl (C=O) groups excluding carboxylic acids is 1. The third-order valence-corrected chi connectivity index (χ3v) is 1.57. The Morgan fingerprint density at radius 1 is 1.00 bits per heavy atom. The van der Waals surface area contributed by atoms with Crippen LogP contribution in [0.2, 0.25) is 0 Å². The zero-order valence-electron chi connectivity index (χ0n) is 5.23. The Morgan fingerprint density at radius 3 is 1.55 bits per heavy atom. The zero-order chi connectivity index (χ0) is 7.30. The summed E-state index contributed by atoms with van der Waals surface area (Å²) < 4.78 is 24.9. The Hall–Kier alpha value is -0.960. The number of rotatable bonds is 0. The highest BCUT2D eigenvalue weighted by atomic mass is 35.5. The standard InChI is InChI=1S/C7H2F2O.ClH/c8-5-3-1-2-4(6(5)9)7(3)10;/h1-2H;1H. The Bertz CT molecular complexity index is 295. The van der Waals surface area contributed by atoms with Crippen LogP contribution in [0.15, 0.2) is 35.0 Å². The summed E-state index contributed by atoms with van der Waals surface area (Å²) in [5.74, 6) is -2.56.